The highest BCUT2D eigenvalue weighted by Gasteiger charge is 2.00. The monoisotopic (exact) mass is 896 g/mol. The lowest BCUT2D eigenvalue weighted by atomic mass is 10.0. The van der Waals surface area contributed by atoms with Gasteiger partial charge in [0.05, 0.1) is 0 Å². The number of hydrogen-bond donors (Lipinski definition) is 0. The summed E-state index contributed by atoms with van der Waals surface area (Å²) in [4.78, 5) is 28.6. The molecule has 0 N–H and O–H groups in total. The standard InChI is InChI=1S/C11H16.3C10H15N.2C9H14N2/c1-10(2)8-9-11-6-4-3-5-7-11;1-9(2)3-4-10-5-7-11-8-6-10;1-9(2)5-6-10-4-3-7-11-8-10;1-9(2)6-7-10-5-3-4-8-11-10;1-8(2)4-5-9-10-6-3-7-11-9;1-8(2)3-4-9-5-6-10-7-11-9/h3-7,10H,8-9H2,1-2H3;5-9H,3-4H2,1-2H3;3-4,7-9H,5-6H2,1-2H3;3-5,8-9H,6-7H2,1-2H3;3,6-8H,4-5H2,1-2H3;5-8H,3-4H2,1-2H3. The maximum atomic E-state index is 4.25. The minimum absolute atomic E-state index is 0.735. The predicted octanol–water partition coefficient (Wildman–Crippen LogP) is 15.4. The van der Waals surface area contributed by atoms with Crippen molar-refractivity contribution < 1.29 is 0 Å². The molecule has 0 aliphatic rings. The van der Waals surface area contributed by atoms with Crippen molar-refractivity contribution in [3.8, 4) is 0 Å². The normalized spacial score (nSPS) is 10.5. The Labute approximate surface area is 403 Å². The van der Waals surface area contributed by atoms with E-state index in [1.807, 2.05) is 61.3 Å². The fraction of sp³-hybridized carbons (Fsp3) is 0.508. The fourth-order valence-corrected chi connectivity index (χ4v) is 5.87. The van der Waals surface area contributed by atoms with Gasteiger partial charge in [0.15, 0.2) is 0 Å². The van der Waals surface area contributed by atoms with Crippen LogP contribution in [-0.2, 0) is 38.5 Å². The summed E-state index contributed by atoms with van der Waals surface area (Å²) in [5, 5.41) is 0. The molecule has 6 aromatic rings. The molecule has 0 fully saturated rings. The summed E-state index contributed by atoms with van der Waals surface area (Å²) in [7, 11) is 0. The molecule has 7 heteroatoms. The Balaban J connectivity index is 0.000000396. The average Bonchev–Trinajstić information content (AvgIpc) is 3.33. The van der Waals surface area contributed by atoms with Gasteiger partial charge in [-0.2, -0.15) is 0 Å². The molecular formula is C59H89N7. The van der Waals surface area contributed by atoms with E-state index >= 15 is 0 Å². The molecule has 5 heterocycles. The van der Waals surface area contributed by atoms with E-state index < -0.39 is 0 Å². The molecule has 66 heavy (non-hydrogen) atoms. The summed E-state index contributed by atoms with van der Waals surface area (Å²) in [6.07, 6.45) is 30.5. The van der Waals surface area contributed by atoms with Gasteiger partial charge in [-0.05, 0) is 165 Å². The van der Waals surface area contributed by atoms with E-state index in [0.717, 1.165) is 72.7 Å². The summed E-state index contributed by atoms with van der Waals surface area (Å²) >= 11 is 0. The summed E-state index contributed by atoms with van der Waals surface area (Å²) < 4.78 is 0. The van der Waals surface area contributed by atoms with E-state index in [2.05, 4.69) is 173 Å². The van der Waals surface area contributed by atoms with Gasteiger partial charge in [-0.25, -0.2) is 19.9 Å². The Morgan fingerprint density at radius 2 is 0.742 bits per heavy atom. The molecule has 0 aliphatic heterocycles. The highest BCUT2D eigenvalue weighted by molar-refractivity contribution is 5.14. The van der Waals surface area contributed by atoms with Gasteiger partial charge in [0.2, 0.25) is 0 Å². The van der Waals surface area contributed by atoms with Crippen LogP contribution >= 0.6 is 0 Å². The first kappa shape index (κ1) is 58.8. The van der Waals surface area contributed by atoms with Crippen LogP contribution in [0.5, 0.6) is 0 Å². The Hall–Kier alpha value is -5.17. The molecule has 1 aromatic carbocycles. The Morgan fingerprint density at radius 1 is 0.303 bits per heavy atom. The molecule has 0 atom stereocenters. The quantitative estimate of drug-likeness (QED) is 0.0849. The van der Waals surface area contributed by atoms with Crippen LogP contribution in [-0.4, -0.2) is 34.9 Å². The molecule has 5 aromatic heterocycles. The summed E-state index contributed by atoms with van der Waals surface area (Å²) in [5.41, 5.74) is 6.56. The molecule has 0 saturated heterocycles. The lowest BCUT2D eigenvalue weighted by Crippen LogP contribution is -1.96. The molecular weight excluding hydrogens is 807 g/mol. The molecule has 0 radical (unpaired) electrons. The van der Waals surface area contributed by atoms with Crippen LogP contribution in [0.1, 0.15) is 156 Å². The highest BCUT2D eigenvalue weighted by Crippen LogP contribution is 2.10. The number of pyridine rings is 3. The zero-order valence-corrected chi connectivity index (χ0v) is 43.4. The molecule has 7 nitrogen and oxygen atoms in total. The van der Waals surface area contributed by atoms with Crippen LogP contribution in [0.2, 0.25) is 0 Å². The Morgan fingerprint density at radius 3 is 1.21 bits per heavy atom. The zero-order chi connectivity index (χ0) is 48.6. The minimum Gasteiger partial charge on any atom is -0.265 e. The van der Waals surface area contributed by atoms with Crippen molar-refractivity contribution >= 4 is 0 Å². The number of aromatic nitrogens is 7. The third-order valence-corrected chi connectivity index (χ3v) is 10.2. The summed E-state index contributed by atoms with van der Waals surface area (Å²) in [6.45, 7) is 26.9. The number of rotatable bonds is 18. The van der Waals surface area contributed by atoms with Crippen LogP contribution < -0.4 is 0 Å². The minimum atomic E-state index is 0.735. The number of nitrogens with zero attached hydrogens (tertiary/aromatic N) is 7. The van der Waals surface area contributed by atoms with E-state index in [4.69, 9.17) is 0 Å². The molecule has 0 saturated carbocycles. The van der Waals surface area contributed by atoms with Gasteiger partial charge >= 0.3 is 0 Å². The third kappa shape index (κ3) is 37.1. The van der Waals surface area contributed by atoms with Crippen LogP contribution in [0, 0.1) is 35.5 Å². The average molecular weight is 896 g/mol. The second-order valence-corrected chi connectivity index (χ2v) is 19.5. The first-order valence-corrected chi connectivity index (χ1v) is 25.0. The topological polar surface area (TPSA) is 90.2 Å². The molecule has 0 spiro atoms. The van der Waals surface area contributed by atoms with Crippen LogP contribution in [0.4, 0.5) is 0 Å². The third-order valence-electron chi connectivity index (χ3n) is 10.2. The van der Waals surface area contributed by atoms with Crippen molar-refractivity contribution in [1.82, 2.24) is 34.9 Å². The first-order chi connectivity index (χ1) is 31.7. The Bertz CT molecular complexity index is 1520. The molecule has 0 aliphatic carbocycles. The summed E-state index contributed by atoms with van der Waals surface area (Å²) in [6, 6.07) is 28.9. The largest absolute Gasteiger partial charge is 0.265 e. The molecule has 0 unspecified atom stereocenters. The SMILES string of the molecule is CC(C)CCc1ccccc1.CC(C)CCc1ccccn1.CC(C)CCc1cccnc1.CC(C)CCc1ccncc1.CC(C)CCc1ccncn1.CC(C)CCc1ncccn1. The van der Waals surface area contributed by atoms with Gasteiger partial charge in [0.25, 0.3) is 0 Å². The van der Waals surface area contributed by atoms with Crippen molar-refractivity contribution in [2.75, 3.05) is 0 Å². The lowest BCUT2D eigenvalue weighted by molar-refractivity contribution is 0.574. The van der Waals surface area contributed by atoms with Gasteiger partial charge < -0.3 is 0 Å². The number of aryl methyl sites for hydroxylation is 6. The van der Waals surface area contributed by atoms with Crippen molar-refractivity contribution in [3.05, 3.63) is 175 Å². The van der Waals surface area contributed by atoms with Crippen LogP contribution in [0.15, 0.2) is 141 Å². The van der Waals surface area contributed by atoms with E-state index in [9.17, 15) is 0 Å². The number of benzene rings is 1. The predicted molar refractivity (Wildman–Crippen MR) is 282 cm³/mol. The van der Waals surface area contributed by atoms with Crippen molar-refractivity contribution in [2.45, 2.75) is 160 Å². The van der Waals surface area contributed by atoms with Crippen molar-refractivity contribution in [3.63, 3.8) is 0 Å². The summed E-state index contributed by atoms with van der Waals surface area (Å²) in [5.74, 6) is 5.62. The number of hydrogen-bond acceptors (Lipinski definition) is 7. The zero-order valence-electron chi connectivity index (χ0n) is 43.4. The van der Waals surface area contributed by atoms with Gasteiger partial charge in [0.1, 0.15) is 12.2 Å². The molecule has 0 bridgehead atoms. The molecule has 6 rings (SSSR count). The van der Waals surface area contributed by atoms with Crippen molar-refractivity contribution in [1.29, 1.82) is 0 Å². The van der Waals surface area contributed by atoms with Gasteiger partial charge in [-0.15, -0.1) is 0 Å². The maximum absolute atomic E-state index is 4.25. The van der Waals surface area contributed by atoms with E-state index in [1.165, 1.54) is 73.8 Å². The van der Waals surface area contributed by atoms with Gasteiger partial charge in [-0.3, -0.25) is 15.0 Å². The maximum Gasteiger partial charge on any atom is 0.128 e. The van der Waals surface area contributed by atoms with E-state index in [1.54, 1.807) is 24.9 Å². The van der Waals surface area contributed by atoms with E-state index in [-0.39, 0.29) is 0 Å². The van der Waals surface area contributed by atoms with E-state index in [0.29, 0.717) is 0 Å². The second-order valence-electron chi connectivity index (χ2n) is 19.5. The first-order valence-electron chi connectivity index (χ1n) is 25.0. The van der Waals surface area contributed by atoms with Gasteiger partial charge in [0, 0.05) is 67.4 Å². The molecule has 0 amide bonds. The smallest absolute Gasteiger partial charge is 0.128 e. The highest BCUT2D eigenvalue weighted by atomic mass is 14.8. The fourth-order valence-electron chi connectivity index (χ4n) is 5.87. The van der Waals surface area contributed by atoms with Crippen molar-refractivity contribution in [2.24, 2.45) is 35.5 Å². The lowest BCUT2D eigenvalue weighted by Gasteiger charge is -2.03. The van der Waals surface area contributed by atoms with Crippen LogP contribution in [0.25, 0.3) is 0 Å². The Kier molecular flexibility index (Phi) is 34.8. The second kappa shape index (κ2) is 39.0. The van der Waals surface area contributed by atoms with Crippen LogP contribution in [0.3, 0.4) is 0 Å². The van der Waals surface area contributed by atoms with Gasteiger partial charge in [-0.1, -0.05) is 126 Å². The molecule has 360 valence electrons.